The summed E-state index contributed by atoms with van der Waals surface area (Å²) in [5, 5.41) is 7.89. The Morgan fingerprint density at radius 3 is 2.60 bits per heavy atom. The number of anilines is 1. The van der Waals surface area contributed by atoms with Gasteiger partial charge in [-0.1, -0.05) is 36.4 Å². The fraction of sp³-hybridized carbons (Fsp3) is 0.125. The standard InChI is InChI=1S/C16H15N3O/c1-11-7-3-6-10-14(11)19(2)16(20)15-12-8-4-5-9-13(12)17-18-15/h3-10H,1-2H3,(H,17,18). The van der Waals surface area contributed by atoms with Crippen LogP contribution in [0.1, 0.15) is 16.1 Å². The molecule has 0 unspecified atom stereocenters. The number of para-hydroxylation sites is 2. The lowest BCUT2D eigenvalue weighted by Crippen LogP contribution is -2.27. The first-order chi connectivity index (χ1) is 9.68. The predicted molar refractivity (Wildman–Crippen MR) is 80.0 cm³/mol. The summed E-state index contributed by atoms with van der Waals surface area (Å²) < 4.78 is 0. The summed E-state index contributed by atoms with van der Waals surface area (Å²) in [7, 11) is 1.77. The summed E-state index contributed by atoms with van der Waals surface area (Å²) in [5.41, 5.74) is 3.27. The van der Waals surface area contributed by atoms with Crippen LogP contribution in [0.2, 0.25) is 0 Å². The van der Waals surface area contributed by atoms with Gasteiger partial charge in [0.1, 0.15) is 0 Å². The van der Waals surface area contributed by atoms with E-state index in [0.717, 1.165) is 22.2 Å². The van der Waals surface area contributed by atoms with Crippen LogP contribution >= 0.6 is 0 Å². The SMILES string of the molecule is Cc1ccccc1N(C)C(=O)c1n[nH]c2ccccc12. The number of aromatic nitrogens is 2. The van der Waals surface area contributed by atoms with Gasteiger partial charge < -0.3 is 4.90 Å². The first kappa shape index (κ1) is 12.4. The minimum atomic E-state index is -0.114. The number of fused-ring (bicyclic) bond motifs is 1. The van der Waals surface area contributed by atoms with Gasteiger partial charge in [-0.25, -0.2) is 0 Å². The minimum Gasteiger partial charge on any atom is -0.310 e. The van der Waals surface area contributed by atoms with Crippen LogP contribution in [0.5, 0.6) is 0 Å². The normalized spacial score (nSPS) is 10.7. The number of aryl methyl sites for hydroxylation is 1. The molecule has 0 aliphatic rings. The molecule has 1 heterocycles. The lowest BCUT2D eigenvalue weighted by Gasteiger charge is -2.18. The highest BCUT2D eigenvalue weighted by atomic mass is 16.2. The molecule has 1 amide bonds. The third-order valence-electron chi connectivity index (χ3n) is 3.45. The maximum atomic E-state index is 12.6. The lowest BCUT2D eigenvalue weighted by atomic mass is 10.1. The van der Waals surface area contributed by atoms with Crippen LogP contribution in [0, 0.1) is 6.92 Å². The van der Waals surface area contributed by atoms with Crippen LogP contribution < -0.4 is 4.90 Å². The Labute approximate surface area is 117 Å². The minimum absolute atomic E-state index is 0.114. The molecule has 0 radical (unpaired) electrons. The number of carbonyl (C=O) groups excluding carboxylic acids is 1. The molecule has 20 heavy (non-hydrogen) atoms. The number of rotatable bonds is 2. The number of aromatic amines is 1. The van der Waals surface area contributed by atoms with Gasteiger partial charge in [-0.15, -0.1) is 0 Å². The number of carbonyl (C=O) groups is 1. The van der Waals surface area contributed by atoms with E-state index in [1.165, 1.54) is 0 Å². The van der Waals surface area contributed by atoms with Gasteiger partial charge in [0.15, 0.2) is 5.69 Å². The third-order valence-corrected chi connectivity index (χ3v) is 3.45. The molecule has 3 rings (SSSR count). The van der Waals surface area contributed by atoms with E-state index < -0.39 is 0 Å². The number of hydrogen-bond donors (Lipinski definition) is 1. The van der Waals surface area contributed by atoms with Gasteiger partial charge in [-0.05, 0) is 24.6 Å². The van der Waals surface area contributed by atoms with Crippen molar-refractivity contribution >= 4 is 22.5 Å². The molecule has 0 fully saturated rings. The Bertz CT molecular complexity index is 776. The molecular weight excluding hydrogens is 250 g/mol. The monoisotopic (exact) mass is 265 g/mol. The van der Waals surface area contributed by atoms with Crippen molar-refractivity contribution in [2.45, 2.75) is 6.92 Å². The van der Waals surface area contributed by atoms with Gasteiger partial charge in [-0.3, -0.25) is 9.89 Å². The summed E-state index contributed by atoms with van der Waals surface area (Å²) in [6, 6.07) is 15.4. The molecule has 0 spiro atoms. The number of H-pyrrole nitrogens is 1. The largest absolute Gasteiger partial charge is 0.310 e. The molecule has 3 aromatic rings. The molecule has 1 N–H and O–H groups in total. The maximum Gasteiger partial charge on any atom is 0.279 e. The van der Waals surface area contributed by atoms with Crippen LogP contribution in [-0.4, -0.2) is 23.2 Å². The van der Waals surface area contributed by atoms with E-state index in [1.54, 1.807) is 11.9 Å². The molecule has 4 heteroatoms. The molecule has 0 aliphatic carbocycles. The quantitative estimate of drug-likeness (QED) is 0.773. The molecule has 0 saturated heterocycles. The molecule has 0 saturated carbocycles. The van der Waals surface area contributed by atoms with Crippen molar-refractivity contribution in [3.05, 3.63) is 59.8 Å². The van der Waals surface area contributed by atoms with E-state index >= 15 is 0 Å². The maximum absolute atomic E-state index is 12.6. The second-order valence-corrected chi connectivity index (χ2v) is 4.77. The summed E-state index contributed by atoms with van der Waals surface area (Å²) in [5.74, 6) is -0.114. The number of nitrogens with zero attached hydrogens (tertiary/aromatic N) is 2. The fourth-order valence-corrected chi connectivity index (χ4v) is 2.33. The molecule has 0 bridgehead atoms. The summed E-state index contributed by atoms with van der Waals surface area (Å²) in [6.45, 7) is 1.99. The fourth-order valence-electron chi connectivity index (χ4n) is 2.33. The zero-order valence-electron chi connectivity index (χ0n) is 11.4. The summed E-state index contributed by atoms with van der Waals surface area (Å²) in [4.78, 5) is 14.3. The van der Waals surface area contributed by atoms with Gasteiger partial charge in [-0.2, -0.15) is 5.10 Å². The molecule has 100 valence electrons. The lowest BCUT2D eigenvalue weighted by molar-refractivity contribution is 0.0989. The summed E-state index contributed by atoms with van der Waals surface area (Å²) >= 11 is 0. The number of hydrogen-bond acceptors (Lipinski definition) is 2. The van der Waals surface area contributed by atoms with Crippen molar-refractivity contribution in [2.24, 2.45) is 0 Å². The second kappa shape index (κ2) is 4.81. The van der Waals surface area contributed by atoms with E-state index in [1.807, 2.05) is 55.5 Å². The molecule has 2 aromatic carbocycles. The van der Waals surface area contributed by atoms with Crippen LogP contribution in [0.25, 0.3) is 10.9 Å². The Hall–Kier alpha value is -2.62. The number of amides is 1. The van der Waals surface area contributed by atoms with Crippen molar-refractivity contribution in [1.82, 2.24) is 10.2 Å². The Morgan fingerprint density at radius 1 is 1.10 bits per heavy atom. The smallest absolute Gasteiger partial charge is 0.279 e. The first-order valence-electron chi connectivity index (χ1n) is 6.45. The Balaban J connectivity index is 2.03. The predicted octanol–water partition coefficient (Wildman–Crippen LogP) is 3.15. The van der Waals surface area contributed by atoms with Crippen molar-refractivity contribution in [2.75, 3.05) is 11.9 Å². The van der Waals surface area contributed by atoms with E-state index in [2.05, 4.69) is 10.2 Å². The van der Waals surface area contributed by atoms with Crippen molar-refractivity contribution in [3.8, 4) is 0 Å². The molecule has 4 nitrogen and oxygen atoms in total. The number of nitrogens with one attached hydrogen (secondary N) is 1. The second-order valence-electron chi connectivity index (χ2n) is 4.77. The number of benzene rings is 2. The molecular formula is C16H15N3O. The molecule has 0 aliphatic heterocycles. The van der Waals surface area contributed by atoms with Gasteiger partial charge >= 0.3 is 0 Å². The molecule has 0 atom stereocenters. The highest BCUT2D eigenvalue weighted by Crippen LogP contribution is 2.22. The van der Waals surface area contributed by atoms with Crippen molar-refractivity contribution in [1.29, 1.82) is 0 Å². The zero-order valence-corrected chi connectivity index (χ0v) is 11.4. The first-order valence-corrected chi connectivity index (χ1v) is 6.45. The summed E-state index contributed by atoms with van der Waals surface area (Å²) in [6.07, 6.45) is 0. The molecule has 1 aromatic heterocycles. The Morgan fingerprint density at radius 2 is 1.80 bits per heavy atom. The van der Waals surface area contributed by atoms with Crippen LogP contribution in [0.15, 0.2) is 48.5 Å². The highest BCUT2D eigenvalue weighted by Gasteiger charge is 2.19. The van der Waals surface area contributed by atoms with E-state index in [0.29, 0.717) is 5.69 Å². The van der Waals surface area contributed by atoms with Crippen molar-refractivity contribution < 1.29 is 4.79 Å². The zero-order chi connectivity index (χ0) is 14.1. The van der Waals surface area contributed by atoms with Crippen molar-refractivity contribution in [3.63, 3.8) is 0 Å². The third kappa shape index (κ3) is 1.95. The Kier molecular flexibility index (Phi) is 2.99. The highest BCUT2D eigenvalue weighted by molar-refractivity contribution is 6.12. The van der Waals surface area contributed by atoms with E-state index in [-0.39, 0.29) is 5.91 Å². The average molecular weight is 265 g/mol. The van der Waals surface area contributed by atoms with E-state index in [4.69, 9.17) is 0 Å². The van der Waals surface area contributed by atoms with Crippen LogP contribution in [-0.2, 0) is 0 Å². The van der Waals surface area contributed by atoms with Crippen LogP contribution in [0.4, 0.5) is 5.69 Å². The average Bonchev–Trinajstić information content (AvgIpc) is 2.90. The van der Waals surface area contributed by atoms with Gasteiger partial charge in [0, 0.05) is 18.1 Å². The van der Waals surface area contributed by atoms with Gasteiger partial charge in [0.05, 0.1) is 5.52 Å². The van der Waals surface area contributed by atoms with Gasteiger partial charge in [0.2, 0.25) is 0 Å². The topological polar surface area (TPSA) is 49.0 Å². The van der Waals surface area contributed by atoms with Crippen LogP contribution in [0.3, 0.4) is 0 Å². The van der Waals surface area contributed by atoms with Gasteiger partial charge in [0.25, 0.3) is 5.91 Å². The van der Waals surface area contributed by atoms with E-state index in [9.17, 15) is 4.79 Å².